The van der Waals surface area contributed by atoms with Gasteiger partial charge in [-0.3, -0.25) is 0 Å². The van der Waals surface area contributed by atoms with Crippen LogP contribution in [0.3, 0.4) is 0 Å². The maximum atomic E-state index is 12.8. The van der Waals surface area contributed by atoms with Crippen molar-refractivity contribution in [2.75, 3.05) is 59.5 Å². The van der Waals surface area contributed by atoms with Crippen LogP contribution in [-0.2, 0) is 28.6 Å². The Hall–Kier alpha value is -5.72. The fraction of sp³-hybridized carbons (Fsp3) is 0.517. The predicted octanol–water partition coefficient (Wildman–Crippen LogP) is 13.0. The molecule has 1 heterocycles. The maximum Gasteiger partial charge on any atom is 0.350 e. The van der Waals surface area contributed by atoms with E-state index >= 15 is 0 Å². The topological polar surface area (TPSA) is 158 Å². The highest BCUT2D eigenvalue weighted by Crippen LogP contribution is 2.59. The molecule has 13 nitrogen and oxygen atoms in total. The maximum absolute atomic E-state index is 12.8. The summed E-state index contributed by atoms with van der Waals surface area (Å²) in [7, 11) is 0. The molecule has 0 bridgehead atoms. The fourth-order valence-corrected chi connectivity index (χ4v) is 11.4. The molecule has 1 aliphatic heterocycles. The van der Waals surface area contributed by atoms with E-state index in [0.29, 0.717) is 80.8 Å². The molecule has 0 N–H and O–H groups in total. The van der Waals surface area contributed by atoms with Crippen LogP contribution in [0.5, 0.6) is 34.5 Å². The van der Waals surface area contributed by atoms with E-state index in [9.17, 15) is 19.6 Å². The zero-order chi connectivity index (χ0) is 51.5. The molecule has 0 amide bonds. The van der Waals surface area contributed by atoms with Gasteiger partial charge in [0.2, 0.25) is 0 Å². The molecular weight excluding hydrogens is 967 g/mol. The van der Waals surface area contributed by atoms with E-state index in [2.05, 4.69) is 19.2 Å². The van der Waals surface area contributed by atoms with Crippen LogP contribution in [0.1, 0.15) is 110 Å². The van der Waals surface area contributed by atoms with Gasteiger partial charge in [-0.2, -0.15) is 5.26 Å². The lowest BCUT2D eigenvalue weighted by Gasteiger charge is -2.29. The smallest absolute Gasteiger partial charge is 0.350 e. The van der Waals surface area contributed by atoms with Gasteiger partial charge in [0.05, 0.1) is 73.5 Å². The van der Waals surface area contributed by atoms with Crippen LogP contribution in [-0.4, -0.2) is 77.4 Å². The van der Waals surface area contributed by atoms with E-state index in [-0.39, 0.29) is 24.1 Å². The number of thioether (sulfide) groups is 2. The van der Waals surface area contributed by atoms with Crippen molar-refractivity contribution in [2.24, 2.45) is 23.7 Å². The average molecular weight is 1040 g/mol. The molecule has 2 saturated carbocycles. The van der Waals surface area contributed by atoms with Crippen molar-refractivity contribution < 1.29 is 57.0 Å². The Kier molecular flexibility index (Phi) is 24.6. The first-order chi connectivity index (χ1) is 35.7. The Morgan fingerprint density at radius 3 is 1.19 bits per heavy atom. The monoisotopic (exact) mass is 1040 g/mol. The summed E-state index contributed by atoms with van der Waals surface area (Å²) >= 11 is 2.76. The standard InChI is InChI=1S/C58H73NO12S2/c1-4-53(60)66-35-13-9-7-11-33-64-46-23-27-48(28-24-46)68-38-42-15-19-44(20-16-42)40-70-51-31-32-52(56-55(51)72-58(73-56)50(37-59)57(62)63-6-3)71-41-45-21-17-43(18-22-45)39-69-49-29-25-47(26-30-49)65-34-12-8-10-14-36-67-54(61)5-2/h4-5,23-32,42-45H,1-2,6-22,33-36,38-41H2,3H3. The first kappa shape index (κ1) is 56.6. The van der Waals surface area contributed by atoms with Crippen molar-refractivity contribution in [2.45, 2.75) is 119 Å². The largest absolute Gasteiger partial charge is 0.494 e. The summed E-state index contributed by atoms with van der Waals surface area (Å²) in [5, 5.41) is 10.0. The first-order valence-corrected chi connectivity index (χ1v) is 27.8. The van der Waals surface area contributed by atoms with Crippen LogP contribution in [0.4, 0.5) is 0 Å². The highest BCUT2D eigenvalue weighted by atomic mass is 32.2. The molecule has 0 radical (unpaired) electrons. The van der Waals surface area contributed by atoms with Crippen LogP contribution >= 0.6 is 23.5 Å². The number of unbranched alkanes of at least 4 members (excludes halogenated alkanes) is 6. The average Bonchev–Trinajstić information content (AvgIpc) is 3.87. The molecule has 0 aromatic heterocycles. The van der Waals surface area contributed by atoms with E-state index < -0.39 is 5.97 Å². The molecule has 6 rings (SSSR count). The SMILES string of the molecule is C=CC(=O)OCCCCCCOc1ccc(OCC2CCC(COc3ccc(OCC4CCC(COc5ccc(OCCCCCCOC(=O)C=C)cc5)CC4)c4c3SC(=C(C#N)C(=O)OCC)S4)CC2)cc1. The number of ether oxygens (including phenoxy) is 9. The summed E-state index contributed by atoms with van der Waals surface area (Å²) in [5.74, 6) is 5.14. The van der Waals surface area contributed by atoms with Crippen molar-refractivity contribution >= 4 is 41.4 Å². The van der Waals surface area contributed by atoms with E-state index in [4.69, 9.17) is 42.6 Å². The van der Waals surface area contributed by atoms with Crippen molar-refractivity contribution in [3.05, 3.63) is 95.8 Å². The summed E-state index contributed by atoms with van der Waals surface area (Å²) in [4.78, 5) is 36.8. The quantitative estimate of drug-likeness (QED) is 0.0191. The van der Waals surface area contributed by atoms with Crippen LogP contribution < -0.4 is 28.4 Å². The van der Waals surface area contributed by atoms with Crippen molar-refractivity contribution in [1.29, 1.82) is 5.26 Å². The van der Waals surface area contributed by atoms with Crippen LogP contribution in [0.2, 0.25) is 0 Å². The molecule has 0 unspecified atom stereocenters. The van der Waals surface area contributed by atoms with Gasteiger partial charge in [0.15, 0.2) is 5.57 Å². The molecular formula is C58H73NO12S2. The molecule has 0 atom stereocenters. The number of nitriles is 1. The molecule has 3 aromatic carbocycles. The molecule has 3 aliphatic rings. The van der Waals surface area contributed by atoms with Crippen LogP contribution in [0.15, 0.2) is 106 Å². The minimum Gasteiger partial charge on any atom is -0.494 e. The van der Waals surface area contributed by atoms with E-state index in [1.165, 1.54) is 35.7 Å². The Balaban J connectivity index is 0.897. The zero-order valence-electron chi connectivity index (χ0n) is 42.5. The van der Waals surface area contributed by atoms with Gasteiger partial charge in [-0.15, -0.1) is 0 Å². The molecule has 0 spiro atoms. The van der Waals surface area contributed by atoms with E-state index in [1.54, 1.807) is 6.92 Å². The first-order valence-electron chi connectivity index (χ1n) is 26.1. The molecule has 73 heavy (non-hydrogen) atoms. The predicted molar refractivity (Wildman–Crippen MR) is 283 cm³/mol. The number of rotatable bonds is 32. The van der Waals surface area contributed by atoms with Gasteiger partial charge in [-0.05, 0) is 194 Å². The number of benzene rings is 3. The number of nitrogens with zero attached hydrogens (tertiary/aromatic N) is 1. The number of hydrogen-bond acceptors (Lipinski definition) is 15. The lowest BCUT2D eigenvalue weighted by atomic mass is 9.83. The van der Waals surface area contributed by atoms with Gasteiger partial charge in [0.25, 0.3) is 0 Å². The minimum atomic E-state index is -0.626. The summed E-state index contributed by atoms with van der Waals surface area (Å²) in [5.41, 5.74) is -0.00438. The summed E-state index contributed by atoms with van der Waals surface area (Å²) in [6.45, 7) is 13.3. The number of carbonyl (C=O) groups is 3. The molecule has 0 saturated heterocycles. The van der Waals surface area contributed by atoms with Crippen LogP contribution in [0, 0.1) is 35.0 Å². The summed E-state index contributed by atoms with van der Waals surface area (Å²) < 4.78 is 53.2. The minimum absolute atomic E-state index is 0.00438. The third-order valence-corrected chi connectivity index (χ3v) is 15.8. The zero-order valence-corrected chi connectivity index (χ0v) is 44.1. The highest BCUT2D eigenvalue weighted by Gasteiger charge is 2.32. The summed E-state index contributed by atoms with van der Waals surface area (Å²) in [6.07, 6.45) is 18.3. The van der Waals surface area contributed by atoms with Gasteiger partial charge in [0.1, 0.15) is 40.6 Å². The number of esters is 3. The van der Waals surface area contributed by atoms with E-state index in [1.807, 2.05) is 60.7 Å². The molecule has 2 aliphatic carbocycles. The van der Waals surface area contributed by atoms with Gasteiger partial charge in [-0.1, -0.05) is 36.7 Å². The second-order valence-electron chi connectivity index (χ2n) is 18.6. The van der Waals surface area contributed by atoms with Gasteiger partial charge in [-0.25, -0.2) is 14.4 Å². The molecule has 2 fully saturated rings. The highest BCUT2D eigenvalue weighted by molar-refractivity contribution is 8.24. The second kappa shape index (κ2) is 31.8. The molecule has 3 aromatic rings. The third-order valence-electron chi connectivity index (χ3n) is 13.2. The molecule has 394 valence electrons. The van der Waals surface area contributed by atoms with Gasteiger partial charge < -0.3 is 42.6 Å². The van der Waals surface area contributed by atoms with Crippen molar-refractivity contribution in [1.82, 2.24) is 0 Å². The van der Waals surface area contributed by atoms with Gasteiger partial charge >= 0.3 is 17.9 Å². The number of carbonyl (C=O) groups excluding carboxylic acids is 3. The number of hydrogen-bond donors (Lipinski definition) is 0. The molecule has 15 heteroatoms. The van der Waals surface area contributed by atoms with Crippen molar-refractivity contribution in [3.63, 3.8) is 0 Å². The Morgan fingerprint density at radius 2 is 0.849 bits per heavy atom. The van der Waals surface area contributed by atoms with Crippen LogP contribution in [0.25, 0.3) is 0 Å². The lowest BCUT2D eigenvalue weighted by Crippen LogP contribution is -2.24. The Bertz CT molecular complexity index is 2140. The third kappa shape index (κ3) is 19.6. The van der Waals surface area contributed by atoms with Crippen molar-refractivity contribution in [3.8, 4) is 40.6 Å². The fourth-order valence-electron chi connectivity index (χ4n) is 8.83. The normalized spacial score (nSPS) is 18.0. The Labute approximate surface area is 440 Å². The second-order valence-corrected chi connectivity index (χ2v) is 20.9. The van der Waals surface area contributed by atoms with E-state index in [0.717, 1.165) is 147 Å². The summed E-state index contributed by atoms with van der Waals surface area (Å²) in [6, 6.07) is 21.7. The Morgan fingerprint density at radius 1 is 0.507 bits per heavy atom. The number of fused-ring (bicyclic) bond motifs is 1. The van der Waals surface area contributed by atoms with Gasteiger partial charge in [0, 0.05) is 12.2 Å². The lowest BCUT2D eigenvalue weighted by molar-refractivity contribution is -0.138.